The van der Waals surface area contributed by atoms with Crippen LogP contribution in [-0.2, 0) is 28.6 Å². The first-order valence-corrected chi connectivity index (χ1v) is 30.3. The minimum atomic E-state index is -0.764. The number of hydrogen-bond acceptors (Lipinski definition) is 6. The van der Waals surface area contributed by atoms with Crippen LogP contribution in [0.4, 0.5) is 0 Å². The molecule has 0 aromatic heterocycles. The predicted octanol–water partition coefficient (Wildman–Crippen LogP) is 20.3. The van der Waals surface area contributed by atoms with E-state index in [2.05, 4.69) is 45.1 Å². The van der Waals surface area contributed by atoms with Crippen molar-refractivity contribution in [3.8, 4) is 0 Å². The van der Waals surface area contributed by atoms with Crippen LogP contribution in [0.25, 0.3) is 0 Å². The molecular formula is C62H116O6. The quantitative estimate of drug-likeness (QED) is 0.0262. The third-order valence-electron chi connectivity index (χ3n) is 13.7. The first-order chi connectivity index (χ1) is 33.5. The molecule has 0 N–H and O–H groups in total. The number of carbonyl (C=O) groups excluding carboxylic acids is 3. The van der Waals surface area contributed by atoms with Gasteiger partial charge in [-0.1, -0.05) is 289 Å². The van der Waals surface area contributed by atoms with Crippen molar-refractivity contribution in [1.29, 1.82) is 0 Å². The molecule has 0 aliphatic heterocycles. The largest absolute Gasteiger partial charge is 0.462 e. The van der Waals surface area contributed by atoms with Crippen molar-refractivity contribution in [2.24, 2.45) is 0 Å². The zero-order chi connectivity index (χ0) is 49.3. The third kappa shape index (κ3) is 54.8. The zero-order valence-electron chi connectivity index (χ0n) is 45.9. The smallest absolute Gasteiger partial charge is 0.306 e. The summed E-state index contributed by atoms with van der Waals surface area (Å²) in [6.45, 7) is 6.60. The number of unbranched alkanes of at least 4 members (excludes halogenated alkanes) is 41. The van der Waals surface area contributed by atoms with Gasteiger partial charge in [0.1, 0.15) is 13.2 Å². The predicted molar refractivity (Wildman–Crippen MR) is 293 cm³/mol. The monoisotopic (exact) mass is 957 g/mol. The maximum absolute atomic E-state index is 12.8. The van der Waals surface area contributed by atoms with Crippen LogP contribution in [0.15, 0.2) is 24.3 Å². The Kier molecular flexibility index (Phi) is 55.7. The molecule has 0 aromatic carbocycles. The van der Waals surface area contributed by atoms with Crippen LogP contribution in [0.2, 0.25) is 0 Å². The van der Waals surface area contributed by atoms with E-state index >= 15 is 0 Å². The summed E-state index contributed by atoms with van der Waals surface area (Å²) in [4.78, 5) is 37.8. The molecule has 0 fully saturated rings. The minimum absolute atomic E-state index is 0.0671. The van der Waals surface area contributed by atoms with E-state index in [4.69, 9.17) is 14.2 Å². The first-order valence-electron chi connectivity index (χ1n) is 30.3. The molecule has 68 heavy (non-hydrogen) atoms. The second-order valence-electron chi connectivity index (χ2n) is 20.6. The fourth-order valence-electron chi connectivity index (χ4n) is 9.12. The number of allylic oxidation sites excluding steroid dienone is 4. The maximum atomic E-state index is 12.8. The average molecular weight is 958 g/mol. The lowest BCUT2D eigenvalue weighted by Gasteiger charge is -2.18. The zero-order valence-corrected chi connectivity index (χ0v) is 45.9. The van der Waals surface area contributed by atoms with E-state index < -0.39 is 6.10 Å². The Balaban J connectivity index is 4.01. The van der Waals surface area contributed by atoms with Gasteiger partial charge in [0.25, 0.3) is 0 Å². The molecule has 6 heteroatoms. The molecule has 0 radical (unpaired) electrons. The van der Waals surface area contributed by atoms with E-state index in [0.717, 1.165) is 70.6 Å². The highest BCUT2D eigenvalue weighted by molar-refractivity contribution is 5.71. The Morgan fingerprint density at radius 3 is 0.809 bits per heavy atom. The highest BCUT2D eigenvalue weighted by Crippen LogP contribution is 2.17. The highest BCUT2D eigenvalue weighted by Gasteiger charge is 2.19. The fraction of sp³-hybridized carbons (Fsp3) is 0.887. The van der Waals surface area contributed by atoms with Gasteiger partial charge in [0.2, 0.25) is 0 Å². The molecule has 0 rings (SSSR count). The third-order valence-corrected chi connectivity index (χ3v) is 13.7. The highest BCUT2D eigenvalue weighted by atomic mass is 16.6. The number of hydrogen-bond donors (Lipinski definition) is 0. The van der Waals surface area contributed by atoms with Crippen LogP contribution in [-0.4, -0.2) is 37.2 Å². The van der Waals surface area contributed by atoms with Crippen molar-refractivity contribution in [3.05, 3.63) is 24.3 Å². The molecule has 0 aliphatic rings. The van der Waals surface area contributed by atoms with Crippen LogP contribution < -0.4 is 0 Å². The molecule has 0 aliphatic carbocycles. The van der Waals surface area contributed by atoms with E-state index in [-0.39, 0.29) is 31.1 Å². The van der Waals surface area contributed by atoms with E-state index in [9.17, 15) is 14.4 Å². The van der Waals surface area contributed by atoms with Gasteiger partial charge < -0.3 is 14.2 Å². The van der Waals surface area contributed by atoms with Crippen molar-refractivity contribution >= 4 is 17.9 Å². The molecule has 0 saturated heterocycles. The Hall–Kier alpha value is -2.11. The normalized spacial score (nSPS) is 12.1. The van der Waals surface area contributed by atoms with Gasteiger partial charge >= 0.3 is 17.9 Å². The number of carbonyl (C=O) groups is 3. The number of rotatable bonds is 56. The molecule has 0 aromatic rings. The fourth-order valence-corrected chi connectivity index (χ4v) is 9.12. The van der Waals surface area contributed by atoms with Gasteiger partial charge in [0, 0.05) is 19.3 Å². The molecule has 0 amide bonds. The Bertz CT molecular complexity index is 1100. The minimum Gasteiger partial charge on any atom is -0.462 e. The van der Waals surface area contributed by atoms with Gasteiger partial charge in [-0.15, -0.1) is 0 Å². The average Bonchev–Trinajstić information content (AvgIpc) is 3.34. The molecule has 400 valence electrons. The second kappa shape index (κ2) is 57.5. The summed E-state index contributed by atoms with van der Waals surface area (Å²) in [5.41, 5.74) is 0. The first kappa shape index (κ1) is 65.9. The van der Waals surface area contributed by atoms with Crippen molar-refractivity contribution in [3.63, 3.8) is 0 Å². The van der Waals surface area contributed by atoms with Crippen molar-refractivity contribution in [2.45, 2.75) is 341 Å². The van der Waals surface area contributed by atoms with Gasteiger partial charge in [-0.25, -0.2) is 0 Å². The topological polar surface area (TPSA) is 78.9 Å². The van der Waals surface area contributed by atoms with Crippen molar-refractivity contribution < 1.29 is 28.6 Å². The Labute approximate surface area is 423 Å². The van der Waals surface area contributed by atoms with Gasteiger partial charge in [-0.2, -0.15) is 0 Å². The lowest BCUT2D eigenvalue weighted by Crippen LogP contribution is -2.30. The maximum Gasteiger partial charge on any atom is 0.306 e. The number of esters is 3. The molecule has 0 bridgehead atoms. The Morgan fingerprint density at radius 2 is 0.529 bits per heavy atom. The van der Waals surface area contributed by atoms with E-state index in [1.807, 2.05) is 0 Å². The lowest BCUT2D eigenvalue weighted by molar-refractivity contribution is -0.167. The Morgan fingerprint density at radius 1 is 0.294 bits per heavy atom. The summed E-state index contributed by atoms with van der Waals surface area (Å²) in [6, 6.07) is 0. The molecular weight excluding hydrogens is 841 g/mol. The summed E-state index contributed by atoms with van der Waals surface area (Å²) >= 11 is 0. The molecule has 0 saturated carbocycles. The summed E-state index contributed by atoms with van der Waals surface area (Å²) < 4.78 is 16.8. The van der Waals surface area contributed by atoms with Gasteiger partial charge in [0.15, 0.2) is 6.10 Å². The molecule has 0 heterocycles. The SMILES string of the molecule is CCCCCCC/C=C\C/C=C\CCCCCCCCCCCCCCCC(=O)OCC(COC(=O)CCCCCCC)OC(=O)CCCCCCCCCCCCCCCCCCCCCC. The molecule has 0 spiro atoms. The van der Waals surface area contributed by atoms with Gasteiger partial charge in [-0.05, 0) is 51.4 Å². The standard InChI is InChI=1S/C62H116O6/c1-4-7-10-13-15-17-19-21-23-25-27-29-30-31-32-33-35-36-38-40-42-44-46-49-52-55-61(64)67-58-59(57-66-60(63)54-51-48-12-9-6-3)68-62(65)56-53-50-47-45-43-41-39-37-34-28-26-24-22-20-18-16-14-11-8-5-2/h19,21,25,27,59H,4-18,20,22-24,26,28-58H2,1-3H3/b21-19-,27-25-. The molecule has 1 atom stereocenters. The van der Waals surface area contributed by atoms with E-state index in [1.54, 1.807) is 0 Å². The summed E-state index contributed by atoms with van der Waals surface area (Å²) in [5, 5.41) is 0. The van der Waals surface area contributed by atoms with Crippen LogP contribution in [0.1, 0.15) is 335 Å². The number of ether oxygens (including phenoxy) is 3. The van der Waals surface area contributed by atoms with Gasteiger partial charge in [0.05, 0.1) is 0 Å². The lowest BCUT2D eigenvalue weighted by atomic mass is 10.0. The van der Waals surface area contributed by atoms with Crippen molar-refractivity contribution in [1.82, 2.24) is 0 Å². The summed E-state index contributed by atoms with van der Waals surface area (Å²) in [7, 11) is 0. The summed E-state index contributed by atoms with van der Waals surface area (Å²) in [5.74, 6) is -0.860. The van der Waals surface area contributed by atoms with E-state index in [1.165, 1.54) is 225 Å². The second-order valence-corrected chi connectivity index (χ2v) is 20.6. The van der Waals surface area contributed by atoms with E-state index in [0.29, 0.717) is 19.3 Å². The molecule has 6 nitrogen and oxygen atoms in total. The molecule has 1 unspecified atom stereocenters. The van der Waals surface area contributed by atoms with Crippen LogP contribution in [0.3, 0.4) is 0 Å². The summed E-state index contributed by atoms with van der Waals surface area (Å²) in [6.07, 6.45) is 68.0. The van der Waals surface area contributed by atoms with Crippen LogP contribution in [0, 0.1) is 0 Å². The van der Waals surface area contributed by atoms with Crippen LogP contribution in [0.5, 0.6) is 0 Å². The van der Waals surface area contributed by atoms with Crippen molar-refractivity contribution in [2.75, 3.05) is 13.2 Å². The van der Waals surface area contributed by atoms with Crippen LogP contribution >= 0.6 is 0 Å². The van der Waals surface area contributed by atoms with Gasteiger partial charge in [-0.3, -0.25) is 14.4 Å².